The number of hydrogen-bond donors (Lipinski definition) is 1. The van der Waals surface area contributed by atoms with Crippen molar-refractivity contribution in [2.24, 2.45) is 0 Å². The molecule has 4 nitrogen and oxygen atoms in total. The molecule has 1 aromatic carbocycles. The molecule has 1 aromatic rings. The third-order valence-corrected chi connectivity index (χ3v) is 2.37. The summed E-state index contributed by atoms with van der Waals surface area (Å²) in [7, 11) is 0. The number of allylic oxidation sites excluding steroid dienone is 4. The number of hydrogen-bond acceptors (Lipinski definition) is 3. The highest BCUT2D eigenvalue weighted by atomic mass is 16.5. The predicted molar refractivity (Wildman–Crippen MR) is 64.9 cm³/mol. The first-order valence-corrected chi connectivity index (χ1v) is 5.03. The van der Waals surface area contributed by atoms with Crippen molar-refractivity contribution in [1.82, 2.24) is 5.06 Å². The highest BCUT2D eigenvalue weighted by Crippen LogP contribution is 2.19. The van der Waals surface area contributed by atoms with Crippen molar-refractivity contribution in [2.45, 2.75) is 0 Å². The van der Waals surface area contributed by atoms with Gasteiger partial charge in [0.25, 0.3) is 0 Å². The van der Waals surface area contributed by atoms with E-state index in [4.69, 9.17) is 5.11 Å². The minimum absolute atomic E-state index is 0.243. The lowest BCUT2D eigenvalue weighted by molar-refractivity contribution is 0.0697. The summed E-state index contributed by atoms with van der Waals surface area (Å²) in [5.41, 5.74) is 1.97. The monoisotopic (exact) mass is 228 g/mol. The van der Waals surface area contributed by atoms with Crippen molar-refractivity contribution in [3.8, 4) is 0 Å². The molecule has 0 amide bonds. The lowest BCUT2D eigenvalue weighted by Gasteiger charge is -2.19. The van der Waals surface area contributed by atoms with Crippen LogP contribution in [0.2, 0.25) is 0 Å². The molecule has 1 heterocycles. The summed E-state index contributed by atoms with van der Waals surface area (Å²) in [4.78, 5) is 10.7. The number of hydroxylamine groups is 2. The van der Waals surface area contributed by atoms with E-state index in [1.165, 1.54) is 24.5 Å². The molecular weight excluding hydrogens is 218 g/mol. The molecule has 0 aromatic heterocycles. The Bertz CT molecular complexity index is 512. The highest BCUT2D eigenvalue weighted by molar-refractivity contribution is 5.88. The van der Waals surface area contributed by atoms with Crippen LogP contribution in [0.4, 0.5) is 0 Å². The van der Waals surface area contributed by atoms with E-state index in [9.17, 15) is 10.0 Å². The molecular formula is C13H10NO3-. The largest absolute Gasteiger partial charge is 0.755 e. The molecule has 17 heavy (non-hydrogen) atoms. The Morgan fingerprint density at radius 1 is 1.18 bits per heavy atom. The summed E-state index contributed by atoms with van der Waals surface area (Å²) in [5, 5.41) is 20.5. The van der Waals surface area contributed by atoms with Crippen LogP contribution in [0.15, 0.2) is 54.9 Å². The molecule has 0 atom stereocenters. The van der Waals surface area contributed by atoms with Crippen LogP contribution in [0, 0.1) is 5.21 Å². The Balaban J connectivity index is 2.29. The van der Waals surface area contributed by atoms with Crippen LogP contribution >= 0.6 is 0 Å². The lowest BCUT2D eigenvalue weighted by Crippen LogP contribution is -1.96. The SMILES string of the molecule is O=C(O)c1ccc(C2=CC=CN([O-])C=C2)cc1. The number of nitrogens with zero attached hydrogens (tertiary/aromatic N) is 1. The maximum absolute atomic E-state index is 11.0. The number of aromatic carboxylic acids is 1. The smallest absolute Gasteiger partial charge is 0.335 e. The number of rotatable bonds is 2. The van der Waals surface area contributed by atoms with E-state index in [2.05, 4.69) is 0 Å². The fraction of sp³-hybridized carbons (Fsp3) is 0. The van der Waals surface area contributed by atoms with Gasteiger partial charge in [0.15, 0.2) is 0 Å². The first kappa shape index (κ1) is 11.2. The van der Waals surface area contributed by atoms with Crippen LogP contribution in [0.25, 0.3) is 5.57 Å². The van der Waals surface area contributed by atoms with Gasteiger partial charge in [-0.2, -0.15) is 0 Å². The van der Waals surface area contributed by atoms with Gasteiger partial charge in [0.05, 0.1) is 5.56 Å². The van der Waals surface area contributed by atoms with Crippen molar-refractivity contribution in [3.05, 3.63) is 71.2 Å². The van der Waals surface area contributed by atoms with Crippen LogP contribution in [-0.4, -0.2) is 16.1 Å². The minimum Gasteiger partial charge on any atom is -0.755 e. The summed E-state index contributed by atoms with van der Waals surface area (Å²) >= 11 is 0. The van der Waals surface area contributed by atoms with Crippen LogP contribution in [0.1, 0.15) is 15.9 Å². The van der Waals surface area contributed by atoms with E-state index >= 15 is 0 Å². The van der Waals surface area contributed by atoms with Gasteiger partial charge in [0.1, 0.15) is 0 Å². The molecule has 0 aliphatic carbocycles. The molecule has 4 heteroatoms. The van der Waals surface area contributed by atoms with Gasteiger partial charge in [-0.1, -0.05) is 18.2 Å². The van der Waals surface area contributed by atoms with Gasteiger partial charge in [0.2, 0.25) is 0 Å². The van der Waals surface area contributed by atoms with E-state index < -0.39 is 5.97 Å². The van der Waals surface area contributed by atoms with Crippen LogP contribution in [0.5, 0.6) is 0 Å². The van der Waals surface area contributed by atoms with Crippen LogP contribution < -0.4 is 0 Å². The van der Waals surface area contributed by atoms with Gasteiger partial charge in [-0.3, -0.25) is 0 Å². The highest BCUT2D eigenvalue weighted by Gasteiger charge is 2.03. The first-order chi connectivity index (χ1) is 8.16. The van der Waals surface area contributed by atoms with E-state index in [0.29, 0.717) is 5.06 Å². The fourth-order valence-corrected chi connectivity index (χ4v) is 1.49. The quantitative estimate of drug-likeness (QED) is 0.845. The number of carboxylic acid groups (broad SMARTS) is 1. The minimum atomic E-state index is -0.951. The molecule has 0 saturated heterocycles. The van der Waals surface area contributed by atoms with Gasteiger partial charge in [-0.25, -0.2) is 4.79 Å². The molecule has 2 rings (SSSR count). The van der Waals surface area contributed by atoms with E-state index in [0.717, 1.165) is 11.1 Å². The molecule has 1 N–H and O–H groups in total. The molecule has 86 valence electrons. The zero-order chi connectivity index (χ0) is 12.3. The number of benzene rings is 1. The third-order valence-electron chi connectivity index (χ3n) is 2.37. The van der Waals surface area contributed by atoms with Crippen molar-refractivity contribution < 1.29 is 9.90 Å². The number of carboxylic acids is 1. The Kier molecular flexibility index (Phi) is 3.07. The molecule has 0 spiro atoms. The van der Waals surface area contributed by atoms with Crippen molar-refractivity contribution >= 4 is 11.5 Å². The van der Waals surface area contributed by atoms with Crippen molar-refractivity contribution in [3.63, 3.8) is 0 Å². The molecule has 0 saturated carbocycles. The van der Waals surface area contributed by atoms with Crippen molar-refractivity contribution in [2.75, 3.05) is 0 Å². The Morgan fingerprint density at radius 3 is 2.53 bits per heavy atom. The van der Waals surface area contributed by atoms with Gasteiger partial charge < -0.3 is 15.4 Å². The molecule has 0 fully saturated rings. The molecule has 1 aliphatic rings. The Hall–Kier alpha value is -2.33. The zero-order valence-electron chi connectivity index (χ0n) is 8.91. The number of carbonyl (C=O) groups is 1. The Morgan fingerprint density at radius 2 is 1.88 bits per heavy atom. The molecule has 0 radical (unpaired) electrons. The Labute approximate surface area is 98.4 Å². The topological polar surface area (TPSA) is 63.6 Å². The van der Waals surface area contributed by atoms with Crippen LogP contribution in [0.3, 0.4) is 0 Å². The summed E-state index contributed by atoms with van der Waals surface area (Å²) in [6, 6.07) is 6.51. The van der Waals surface area contributed by atoms with Crippen LogP contribution in [-0.2, 0) is 0 Å². The second-order valence-corrected chi connectivity index (χ2v) is 3.52. The summed E-state index contributed by atoms with van der Waals surface area (Å²) in [5.74, 6) is -0.951. The van der Waals surface area contributed by atoms with Gasteiger partial charge in [-0.15, -0.1) is 0 Å². The molecule has 0 unspecified atom stereocenters. The fourth-order valence-electron chi connectivity index (χ4n) is 1.49. The normalized spacial score (nSPS) is 14.4. The predicted octanol–water partition coefficient (Wildman–Crippen LogP) is 2.61. The summed E-state index contributed by atoms with van der Waals surface area (Å²) in [6.45, 7) is 0. The van der Waals surface area contributed by atoms with E-state index in [-0.39, 0.29) is 5.56 Å². The standard InChI is InChI=1S/C13H10NO3/c15-13(16)12-5-3-11(4-6-12)10-2-1-8-14(17)9-7-10/h1-9H,(H,15,16)/q-1. The van der Waals surface area contributed by atoms with E-state index in [1.54, 1.807) is 30.4 Å². The molecule has 1 aliphatic heterocycles. The second-order valence-electron chi connectivity index (χ2n) is 3.52. The lowest BCUT2D eigenvalue weighted by atomic mass is 10.0. The average molecular weight is 228 g/mol. The van der Waals surface area contributed by atoms with Crippen molar-refractivity contribution in [1.29, 1.82) is 0 Å². The third kappa shape index (κ3) is 2.62. The van der Waals surface area contributed by atoms with Gasteiger partial charge in [0, 0.05) is 0 Å². The second kappa shape index (κ2) is 4.67. The molecule has 0 bridgehead atoms. The maximum Gasteiger partial charge on any atom is 0.335 e. The summed E-state index contributed by atoms with van der Waals surface area (Å²) < 4.78 is 0. The summed E-state index contributed by atoms with van der Waals surface area (Å²) in [6.07, 6.45) is 7.93. The maximum atomic E-state index is 11.0. The van der Waals surface area contributed by atoms with Gasteiger partial charge >= 0.3 is 5.97 Å². The van der Waals surface area contributed by atoms with Gasteiger partial charge in [-0.05, 0) is 47.8 Å². The first-order valence-electron chi connectivity index (χ1n) is 5.03. The average Bonchev–Trinajstić information content (AvgIpc) is 2.54. The van der Waals surface area contributed by atoms with E-state index in [1.807, 2.05) is 0 Å². The zero-order valence-corrected chi connectivity index (χ0v) is 8.91.